The van der Waals surface area contributed by atoms with Gasteiger partial charge in [-0.2, -0.15) is 5.26 Å². The molecule has 106 valence electrons. The maximum absolute atomic E-state index is 11.6. The molecule has 6 nitrogen and oxygen atoms in total. The van der Waals surface area contributed by atoms with Gasteiger partial charge in [-0.15, -0.1) is 0 Å². The van der Waals surface area contributed by atoms with Gasteiger partial charge in [-0.05, 0) is 18.6 Å². The summed E-state index contributed by atoms with van der Waals surface area (Å²) in [5.41, 5.74) is 6.39. The van der Waals surface area contributed by atoms with Gasteiger partial charge in [0.05, 0.1) is 11.6 Å². The third-order valence-corrected chi connectivity index (χ3v) is 2.68. The van der Waals surface area contributed by atoms with E-state index in [2.05, 4.69) is 5.32 Å². The van der Waals surface area contributed by atoms with Crippen molar-refractivity contribution >= 4 is 11.8 Å². The molecule has 0 aromatic heterocycles. The highest BCUT2D eigenvalue weighted by Gasteiger charge is 2.19. The summed E-state index contributed by atoms with van der Waals surface area (Å²) in [6.07, 6.45) is 0.178. The Kier molecular flexibility index (Phi) is 6.20. The van der Waals surface area contributed by atoms with E-state index < -0.39 is 17.9 Å². The summed E-state index contributed by atoms with van der Waals surface area (Å²) in [6, 6.07) is 8.04. The molecule has 0 radical (unpaired) electrons. The van der Waals surface area contributed by atoms with Crippen molar-refractivity contribution in [2.24, 2.45) is 5.73 Å². The van der Waals surface area contributed by atoms with Gasteiger partial charge in [0.25, 0.3) is 0 Å². The van der Waals surface area contributed by atoms with Gasteiger partial charge in [0, 0.05) is 13.0 Å². The van der Waals surface area contributed by atoms with Crippen LogP contribution in [0.4, 0.5) is 0 Å². The van der Waals surface area contributed by atoms with Crippen LogP contribution < -0.4 is 11.1 Å². The van der Waals surface area contributed by atoms with Gasteiger partial charge in [-0.25, -0.2) is 0 Å². The van der Waals surface area contributed by atoms with Crippen LogP contribution in [0.3, 0.4) is 0 Å². The van der Waals surface area contributed by atoms with Crippen LogP contribution in [-0.2, 0) is 20.7 Å². The number of nitrogens with zero attached hydrogens (tertiary/aromatic N) is 1. The van der Waals surface area contributed by atoms with Crippen molar-refractivity contribution in [1.82, 2.24) is 5.32 Å². The van der Waals surface area contributed by atoms with Crippen molar-refractivity contribution in [3.63, 3.8) is 0 Å². The van der Waals surface area contributed by atoms with Crippen molar-refractivity contribution in [3.8, 4) is 6.07 Å². The van der Waals surface area contributed by atoms with Gasteiger partial charge >= 0.3 is 0 Å². The zero-order valence-electron chi connectivity index (χ0n) is 11.3. The first kappa shape index (κ1) is 15.7. The van der Waals surface area contributed by atoms with Gasteiger partial charge in [0.2, 0.25) is 11.8 Å². The van der Waals surface area contributed by atoms with Crippen LogP contribution in [0.1, 0.15) is 18.1 Å². The first-order chi connectivity index (χ1) is 9.58. The largest absolute Gasteiger partial charge is 0.372 e. The van der Waals surface area contributed by atoms with Gasteiger partial charge in [0.15, 0.2) is 0 Å². The van der Waals surface area contributed by atoms with Crippen molar-refractivity contribution in [1.29, 1.82) is 5.26 Å². The summed E-state index contributed by atoms with van der Waals surface area (Å²) < 4.78 is 4.95. The molecule has 0 bridgehead atoms. The van der Waals surface area contributed by atoms with Gasteiger partial charge in [-0.1, -0.05) is 18.2 Å². The van der Waals surface area contributed by atoms with Crippen LogP contribution >= 0.6 is 0 Å². The molecule has 1 rings (SSSR count). The minimum atomic E-state index is -0.863. The lowest BCUT2D eigenvalue weighted by Gasteiger charge is -2.16. The number of amides is 2. The molecular weight excluding hydrogens is 258 g/mol. The van der Waals surface area contributed by atoms with Crippen LogP contribution in [0.2, 0.25) is 0 Å². The molecule has 6 heteroatoms. The fraction of sp³-hybridized carbons (Fsp3) is 0.357. The van der Waals surface area contributed by atoms with E-state index in [4.69, 9.17) is 15.7 Å². The predicted molar refractivity (Wildman–Crippen MR) is 72.5 cm³/mol. The van der Waals surface area contributed by atoms with E-state index in [0.29, 0.717) is 17.7 Å². The molecule has 0 heterocycles. The number of primary amides is 1. The standard InChI is InChI=1S/C14H17N3O3/c1-2-20-9-13(18)17-12(14(16)19)7-10-5-3-4-6-11(10)8-15/h3-6,12H,2,7,9H2,1H3,(H2,16,19)(H,17,18)/t12-/m1/s1. The van der Waals surface area contributed by atoms with E-state index >= 15 is 0 Å². The average molecular weight is 275 g/mol. The number of nitrogens with one attached hydrogen (secondary N) is 1. The van der Waals surface area contributed by atoms with Crippen LogP contribution in [-0.4, -0.2) is 31.1 Å². The summed E-state index contributed by atoms with van der Waals surface area (Å²) in [5, 5.41) is 11.5. The quantitative estimate of drug-likeness (QED) is 0.736. The number of hydrogen-bond acceptors (Lipinski definition) is 4. The summed E-state index contributed by atoms with van der Waals surface area (Å²) in [4.78, 5) is 22.9. The zero-order valence-corrected chi connectivity index (χ0v) is 11.3. The number of carbonyl (C=O) groups excluding carboxylic acids is 2. The highest BCUT2D eigenvalue weighted by Crippen LogP contribution is 2.10. The Morgan fingerprint density at radius 2 is 2.15 bits per heavy atom. The van der Waals surface area contributed by atoms with E-state index in [0.717, 1.165) is 0 Å². The summed E-state index contributed by atoms with van der Waals surface area (Å²) in [7, 11) is 0. The smallest absolute Gasteiger partial charge is 0.246 e. The highest BCUT2D eigenvalue weighted by atomic mass is 16.5. The molecule has 0 unspecified atom stereocenters. The van der Waals surface area contributed by atoms with Crippen molar-refractivity contribution in [3.05, 3.63) is 35.4 Å². The molecule has 0 aliphatic carbocycles. The molecule has 0 saturated heterocycles. The number of nitrogens with two attached hydrogens (primary N) is 1. The molecule has 1 aromatic carbocycles. The average Bonchev–Trinajstić information content (AvgIpc) is 2.44. The minimum absolute atomic E-state index is 0.125. The van der Waals surface area contributed by atoms with Crippen molar-refractivity contribution in [2.75, 3.05) is 13.2 Å². The fourth-order valence-corrected chi connectivity index (χ4v) is 1.68. The second-order valence-corrected chi connectivity index (χ2v) is 4.13. The van der Waals surface area contributed by atoms with E-state index in [-0.39, 0.29) is 13.0 Å². The van der Waals surface area contributed by atoms with Crippen LogP contribution in [0.5, 0.6) is 0 Å². The molecule has 0 fully saturated rings. The maximum Gasteiger partial charge on any atom is 0.246 e. The number of hydrogen-bond donors (Lipinski definition) is 2. The van der Waals surface area contributed by atoms with Crippen LogP contribution in [0.15, 0.2) is 24.3 Å². The highest BCUT2D eigenvalue weighted by molar-refractivity contribution is 5.87. The van der Waals surface area contributed by atoms with Crippen molar-refractivity contribution in [2.45, 2.75) is 19.4 Å². The number of nitriles is 1. The third kappa shape index (κ3) is 4.71. The molecule has 0 saturated carbocycles. The summed E-state index contributed by atoms with van der Waals surface area (Å²) >= 11 is 0. The molecule has 1 aromatic rings. The maximum atomic E-state index is 11.6. The van der Waals surface area contributed by atoms with Gasteiger partial charge in [0.1, 0.15) is 12.6 Å². The Labute approximate surface area is 117 Å². The Morgan fingerprint density at radius 3 is 2.75 bits per heavy atom. The van der Waals surface area contributed by atoms with E-state index in [9.17, 15) is 9.59 Å². The Hall–Kier alpha value is -2.39. The Bertz CT molecular complexity index is 523. The Balaban J connectivity index is 2.75. The monoisotopic (exact) mass is 275 g/mol. The lowest BCUT2D eigenvalue weighted by Crippen LogP contribution is -2.47. The number of ether oxygens (including phenoxy) is 1. The second kappa shape index (κ2) is 7.92. The first-order valence-electron chi connectivity index (χ1n) is 6.23. The van der Waals surface area contributed by atoms with Gasteiger partial charge < -0.3 is 15.8 Å². The number of rotatable bonds is 7. The Morgan fingerprint density at radius 1 is 1.45 bits per heavy atom. The molecule has 0 aliphatic heterocycles. The predicted octanol–water partition coefficient (Wildman–Crippen LogP) is 0.107. The van der Waals surface area contributed by atoms with E-state index in [1.54, 1.807) is 31.2 Å². The number of benzene rings is 1. The van der Waals surface area contributed by atoms with E-state index in [1.165, 1.54) is 0 Å². The summed E-state index contributed by atoms with van der Waals surface area (Å²) in [5.74, 6) is -1.06. The molecular formula is C14H17N3O3. The molecule has 1 atom stereocenters. The van der Waals surface area contributed by atoms with Crippen LogP contribution in [0, 0.1) is 11.3 Å². The third-order valence-electron chi connectivity index (χ3n) is 2.68. The molecule has 20 heavy (non-hydrogen) atoms. The second-order valence-electron chi connectivity index (χ2n) is 4.13. The lowest BCUT2D eigenvalue weighted by atomic mass is 10.0. The lowest BCUT2D eigenvalue weighted by molar-refractivity contribution is -0.130. The minimum Gasteiger partial charge on any atom is -0.372 e. The normalized spacial score (nSPS) is 11.4. The molecule has 0 spiro atoms. The zero-order chi connectivity index (χ0) is 15.0. The molecule has 0 aliphatic rings. The fourth-order valence-electron chi connectivity index (χ4n) is 1.68. The summed E-state index contributed by atoms with van der Waals surface area (Å²) in [6.45, 7) is 2.05. The van der Waals surface area contributed by atoms with Gasteiger partial charge in [-0.3, -0.25) is 9.59 Å². The first-order valence-corrected chi connectivity index (χ1v) is 6.23. The van der Waals surface area contributed by atoms with Crippen LogP contribution in [0.25, 0.3) is 0 Å². The molecule has 3 N–H and O–H groups in total. The number of carbonyl (C=O) groups is 2. The topological polar surface area (TPSA) is 105 Å². The van der Waals surface area contributed by atoms with Crippen molar-refractivity contribution < 1.29 is 14.3 Å². The van der Waals surface area contributed by atoms with E-state index in [1.807, 2.05) is 6.07 Å². The SMILES string of the molecule is CCOCC(=O)N[C@H](Cc1ccccc1C#N)C(N)=O. The molecule has 2 amide bonds.